The second-order valence-electron chi connectivity index (χ2n) is 4.45. The molecule has 0 radical (unpaired) electrons. The van der Waals surface area contributed by atoms with Gasteiger partial charge in [-0.25, -0.2) is 4.79 Å². The van der Waals surface area contributed by atoms with Crippen LogP contribution in [0.3, 0.4) is 0 Å². The van der Waals surface area contributed by atoms with Crippen molar-refractivity contribution in [1.82, 2.24) is 4.90 Å². The molecule has 2 N–H and O–H groups in total. The Bertz CT molecular complexity index is 429. The van der Waals surface area contributed by atoms with Crippen molar-refractivity contribution in [3.8, 4) is 0 Å². The lowest BCUT2D eigenvalue weighted by atomic mass is 10.2. The van der Waals surface area contributed by atoms with Crippen molar-refractivity contribution in [2.45, 2.75) is 32.2 Å². The van der Waals surface area contributed by atoms with Gasteiger partial charge in [0.15, 0.2) is 0 Å². The van der Waals surface area contributed by atoms with Gasteiger partial charge in [-0.15, -0.1) is 0 Å². The fourth-order valence-electron chi connectivity index (χ4n) is 2.04. The molecule has 0 saturated carbocycles. The van der Waals surface area contributed by atoms with E-state index in [1.165, 1.54) is 11.0 Å². The zero-order valence-electron chi connectivity index (χ0n) is 11.6. The van der Waals surface area contributed by atoms with E-state index in [0.717, 1.165) is 6.42 Å². The Kier molecular flexibility index (Phi) is 6.49. The van der Waals surface area contributed by atoms with Crippen LogP contribution in [0.15, 0.2) is 24.3 Å². The zero-order chi connectivity index (χ0) is 15.0. The van der Waals surface area contributed by atoms with Gasteiger partial charge >= 0.3 is 5.97 Å². The molecule has 2 amide bonds. The lowest BCUT2D eigenvalue weighted by Crippen LogP contribution is -2.44. The molecule has 0 aromatic heterocycles. The summed E-state index contributed by atoms with van der Waals surface area (Å²) in [7, 11) is 0. The molecule has 0 spiro atoms. The fraction of sp³-hybridized carbons (Fsp3) is 0.500. The molecule has 1 aliphatic rings. The standard InChI is InChI=1S/C14H20N2O4/c1-2-3-4-7-13(18)20-10-8-12(17)16-9-5-6-11(16)14(15)19/h2-4,7,11H,5-6,8-10H2,1H3,(H2,15,19)/b3-2+,7-4+. The van der Waals surface area contributed by atoms with Gasteiger partial charge in [0.2, 0.25) is 11.8 Å². The molecule has 0 bridgehead atoms. The Morgan fingerprint density at radius 3 is 2.75 bits per heavy atom. The minimum atomic E-state index is -0.521. The predicted molar refractivity (Wildman–Crippen MR) is 73.5 cm³/mol. The monoisotopic (exact) mass is 280 g/mol. The minimum absolute atomic E-state index is 0.000171. The molecule has 20 heavy (non-hydrogen) atoms. The molecule has 0 aromatic carbocycles. The minimum Gasteiger partial charge on any atom is -0.462 e. The van der Waals surface area contributed by atoms with E-state index in [1.54, 1.807) is 18.2 Å². The number of primary amides is 1. The fourth-order valence-corrected chi connectivity index (χ4v) is 2.04. The number of rotatable bonds is 6. The molecule has 6 nitrogen and oxygen atoms in total. The number of nitrogens with two attached hydrogens (primary N) is 1. The van der Waals surface area contributed by atoms with Gasteiger partial charge < -0.3 is 15.4 Å². The molecule has 1 atom stereocenters. The normalized spacial score (nSPS) is 18.9. The van der Waals surface area contributed by atoms with Crippen LogP contribution >= 0.6 is 0 Å². The maximum atomic E-state index is 11.9. The predicted octanol–water partition coefficient (Wildman–Crippen LogP) is 0.528. The maximum absolute atomic E-state index is 11.9. The highest BCUT2D eigenvalue weighted by Crippen LogP contribution is 2.17. The molecule has 0 aromatic rings. The molecule has 1 unspecified atom stereocenters. The van der Waals surface area contributed by atoms with Crippen LogP contribution in [0, 0.1) is 0 Å². The largest absolute Gasteiger partial charge is 0.462 e. The number of amides is 2. The highest BCUT2D eigenvalue weighted by Gasteiger charge is 2.32. The van der Waals surface area contributed by atoms with E-state index >= 15 is 0 Å². The number of carbonyl (C=O) groups is 3. The first-order valence-corrected chi connectivity index (χ1v) is 6.61. The summed E-state index contributed by atoms with van der Waals surface area (Å²) in [4.78, 5) is 35.8. The maximum Gasteiger partial charge on any atom is 0.330 e. The summed E-state index contributed by atoms with van der Waals surface area (Å²) in [5, 5.41) is 0. The highest BCUT2D eigenvalue weighted by atomic mass is 16.5. The van der Waals surface area contributed by atoms with Crippen LogP contribution in [0.2, 0.25) is 0 Å². The Morgan fingerprint density at radius 2 is 2.10 bits per heavy atom. The molecule has 1 fully saturated rings. The summed E-state index contributed by atoms with van der Waals surface area (Å²) in [6.07, 6.45) is 7.77. The Balaban J connectivity index is 2.33. The first-order chi connectivity index (χ1) is 9.56. The van der Waals surface area contributed by atoms with Crippen molar-refractivity contribution in [2.24, 2.45) is 5.73 Å². The zero-order valence-corrected chi connectivity index (χ0v) is 11.6. The first-order valence-electron chi connectivity index (χ1n) is 6.61. The third-order valence-corrected chi connectivity index (χ3v) is 3.00. The molecule has 110 valence electrons. The van der Waals surface area contributed by atoms with Gasteiger partial charge in [0.25, 0.3) is 0 Å². The molecule has 1 heterocycles. The summed E-state index contributed by atoms with van der Waals surface area (Å²) in [6.45, 7) is 2.36. The van der Waals surface area contributed by atoms with E-state index < -0.39 is 17.9 Å². The number of hydrogen-bond acceptors (Lipinski definition) is 4. The lowest BCUT2D eigenvalue weighted by molar-refractivity contribution is -0.142. The van der Waals surface area contributed by atoms with Crippen LogP contribution in [-0.2, 0) is 19.1 Å². The number of hydrogen-bond donors (Lipinski definition) is 1. The summed E-state index contributed by atoms with van der Waals surface area (Å²) in [5.41, 5.74) is 5.24. The molecule has 1 saturated heterocycles. The number of esters is 1. The Hall–Kier alpha value is -2.11. The van der Waals surface area contributed by atoms with Crippen LogP contribution in [-0.4, -0.2) is 41.9 Å². The van der Waals surface area contributed by atoms with Crippen molar-refractivity contribution in [3.05, 3.63) is 24.3 Å². The van der Waals surface area contributed by atoms with Gasteiger partial charge in [0.1, 0.15) is 12.6 Å². The molecule has 1 aliphatic heterocycles. The molecule has 1 rings (SSSR count). The Labute approximate surface area is 118 Å². The summed E-state index contributed by atoms with van der Waals surface area (Å²) >= 11 is 0. The van der Waals surface area contributed by atoms with Crippen LogP contribution in [0.5, 0.6) is 0 Å². The van der Waals surface area contributed by atoms with E-state index in [2.05, 4.69) is 0 Å². The van der Waals surface area contributed by atoms with E-state index in [9.17, 15) is 14.4 Å². The average molecular weight is 280 g/mol. The quantitative estimate of drug-likeness (QED) is 0.436. The van der Waals surface area contributed by atoms with Crippen molar-refractivity contribution in [1.29, 1.82) is 0 Å². The summed E-state index contributed by atoms with van der Waals surface area (Å²) in [5.74, 6) is -1.19. The van der Waals surface area contributed by atoms with Crippen molar-refractivity contribution >= 4 is 17.8 Å². The van der Waals surface area contributed by atoms with Crippen LogP contribution < -0.4 is 5.73 Å². The third-order valence-electron chi connectivity index (χ3n) is 3.00. The van der Waals surface area contributed by atoms with Gasteiger partial charge in [0.05, 0.1) is 6.42 Å². The van der Waals surface area contributed by atoms with E-state index in [0.29, 0.717) is 13.0 Å². The molecule has 0 aliphatic carbocycles. The van der Waals surface area contributed by atoms with Crippen molar-refractivity contribution in [2.75, 3.05) is 13.2 Å². The van der Waals surface area contributed by atoms with Gasteiger partial charge in [0, 0.05) is 12.6 Å². The second-order valence-corrected chi connectivity index (χ2v) is 4.45. The smallest absolute Gasteiger partial charge is 0.330 e. The van der Waals surface area contributed by atoms with Gasteiger partial charge in [-0.05, 0) is 19.8 Å². The summed E-state index contributed by atoms with van der Waals surface area (Å²) in [6, 6.07) is -0.521. The van der Waals surface area contributed by atoms with Gasteiger partial charge in [-0.1, -0.05) is 18.2 Å². The van der Waals surface area contributed by atoms with Crippen molar-refractivity contribution < 1.29 is 19.1 Å². The topological polar surface area (TPSA) is 89.7 Å². The van der Waals surface area contributed by atoms with Crippen molar-refractivity contribution in [3.63, 3.8) is 0 Å². The number of nitrogens with zero attached hydrogens (tertiary/aromatic N) is 1. The first kappa shape index (κ1) is 15.9. The number of allylic oxidation sites excluding steroid dienone is 3. The van der Waals surface area contributed by atoms with Gasteiger partial charge in [-0.2, -0.15) is 0 Å². The Morgan fingerprint density at radius 1 is 1.35 bits per heavy atom. The van der Waals surface area contributed by atoms with Crippen LogP contribution in [0.4, 0.5) is 0 Å². The number of carbonyl (C=O) groups excluding carboxylic acids is 3. The van der Waals surface area contributed by atoms with Crippen LogP contribution in [0.1, 0.15) is 26.2 Å². The van der Waals surface area contributed by atoms with Gasteiger partial charge in [-0.3, -0.25) is 9.59 Å². The van der Waals surface area contributed by atoms with E-state index in [1.807, 2.05) is 6.92 Å². The number of ether oxygens (including phenoxy) is 1. The van der Waals surface area contributed by atoms with Crippen LogP contribution in [0.25, 0.3) is 0 Å². The van der Waals surface area contributed by atoms with E-state index in [-0.39, 0.29) is 18.9 Å². The number of likely N-dealkylation sites (tertiary alicyclic amines) is 1. The molecular formula is C14H20N2O4. The summed E-state index contributed by atoms with van der Waals surface area (Å²) < 4.78 is 4.89. The third kappa shape index (κ3) is 4.87. The molecular weight excluding hydrogens is 260 g/mol. The average Bonchev–Trinajstić information content (AvgIpc) is 2.88. The molecule has 6 heteroatoms. The SMILES string of the molecule is C/C=C/C=C/C(=O)OCCC(=O)N1CCCC1C(N)=O. The second kappa shape index (κ2) is 8.14. The van der Waals surface area contributed by atoms with E-state index in [4.69, 9.17) is 10.5 Å². The lowest BCUT2D eigenvalue weighted by Gasteiger charge is -2.21. The highest BCUT2D eigenvalue weighted by molar-refractivity contribution is 5.87.